The molecule has 0 fully saturated rings. The second-order valence-corrected chi connectivity index (χ2v) is 3.83. The largest absolute Gasteiger partial charge is 0.460 e. The van der Waals surface area contributed by atoms with Crippen LogP contribution in [0.5, 0.6) is 0 Å². The van der Waals surface area contributed by atoms with E-state index < -0.39 is 17.7 Å². The van der Waals surface area contributed by atoms with Crippen molar-refractivity contribution in [2.45, 2.75) is 13.1 Å². The second-order valence-electron chi connectivity index (χ2n) is 3.83. The maximum absolute atomic E-state index is 12.5. The number of esters is 1. The molecule has 7 heteroatoms. The molecule has 2 aromatic rings. The molecule has 0 aliphatic carbocycles. The number of ether oxygens (including phenoxy) is 1. The van der Waals surface area contributed by atoms with Gasteiger partial charge in [0, 0.05) is 5.56 Å². The molecule has 0 spiro atoms. The summed E-state index contributed by atoms with van der Waals surface area (Å²) in [6.45, 7) is 1.79. The van der Waals surface area contributed by atoms with Gasteiger partial charge in [0.25, 0.3) is 0 Å². The van der Waals surface area contributed by atoms with E-state index in [1.54, 1.807) is 6.92 Å². The Morgan fingerprint density at radius 2 is 1.95 bits per heavy atom. The molecule has 0 saturated heterocycles. The third kappa shape index (κ3) is 2.81. The zero-order chi connectivity index (χ0) is 14.8. The number of nitrogens with zero attached hydrogens (tertiary/aromatic N) is 1. The van der Waals surface area contributed by atoms with Gasteiger partial charge in [0.15, 0.2) is 6.39 Å². The molecule has 1 heterocycles. The van der Waals surface area contributed by atoms with Crippen molar-refractivity contribution in [2.75, 3.05) is 6.61 Å². The molecule has 1 aromatic heterocycles. The fraction of sp³-hybridized carbons (Fsp3) is 0.231. The Kier molecular flexibility index (Phi) is 3.78. The first-order valence-electron chi connectivity index (χ1n) is 5.71. The summed E-state index contributed by atoms with van der Waals surface area (Å²) < 4.78 is 47.1. The van der Waals surface area contributed by atoms with Gasteiger partial charge in [-0.15, -0.1) is 0 Å². The monoisotopic (exact) mass is 285 g/mol. The van der Waals surface area contributed by atoms with E-state index in [4.69, 9.17) is 9.15 Å². The van der Waals surface area contributed by atoms with Crippen molar-refractivity contribution in [1.29, 1.82) is 0 Å². The number of rotatable bonds is 3. The molecule has 0 bridgehead atoms. The third-order valence-corrected chi connectivity index (χ3v) is 2.51. The van der Waals surface area contributed by atoms with Crippen LogP contribution in [0.15, 0.2) is 35.1 Å². The SMILES string of the molecule is CCOC(=O)c1ocnc1-c1ccc(C(F)(F)F)cc1. The average molecular weight is 285 g/mol. The Balaban J connectivity index is 2.33. The molecule has 1 aromatic carbocycles. The fourth-order valence-corrected chi connectivity index (χ4v) is 1.61. The number of hydrogen-bond acceptors (Lipinski definition) is 4. The van der Waals surface area contributed by atoms with Crippen molar-refractivity contribution in [3.05, 3.63) is 42.0 Å². The molecule has 0 aliphatic rings. The maximum Gasteiger partial charge on any atom is 0.416 e. The topological polar surface area (TPSA) is 52.3 Å². The lowest BCUT2D eigenvalue weighted by Gasteiger charge is -2.07. The molecule has 0 N–H and O–H groups in total. The van der Waals surface area contributed by atoms with Crippen LogP contribution < -0.4 is 0 Å². The molecule has 0 saturated carbocycles. The first-order chi connectivity index (χ1) is 9.43. The number of aromatic nitrogens is 1. The minimum absolute atomic E-state index is 0.133. The first kappa shape index (κ1) is 14.1. The van der Waals surface area contributed by atoms with Gasteiger partial charge in [0.05, 0.1) is 12.2 Å². The molecule has 0 amide bonds. The van der Waals surface area contributed by atoms with Crippen LogP contribution in [0, 0.1) is 0 Å². The summed E-state index contributed by atoms with van der Waals surface area (Å²) in [5.41, 5.74) is -0.283. The Bertz CT molecular complexity index is 602. The number of carbonyl (C=O) groups excluding carboxylic acids is 1. The molecule has 0 unspecified atom stereocenters. The Morgan fingerprint density at radius 1 is 1.30 bits per heavy atom. The van der Waals surface area contributed by atoms with Gasteiger partial charge in [-0.1, -0.05) is 12.1 Å². The van der Waals surface area contributed by atoms with Gasteiger partial charge in [0.2, 0.25) is 5.76 Å². The van der Waals surface area contributed by atoms with Gasteiger partial charge in [-0.05, 0) is 19.1 Å². The summed E-state index contributed by atoms with van der Waals surface area (Å²) in [6, 6.07) is 4.28. The number of alkyl halides is 3. The van der Waals surface area contributed by atoms with Crippen LogP contribution in [0.2, 0.25) is 0 Å². The molecule has 0 atom stereocenters. The molecular weight excluding hydrogens is 275 g/mol. The molecular formula is C13H10F3NO3. The summed E-state index contributed by atoms with van der Waals surface area (Å²) >= 11 is 0. The Hall–Kier alpha value is -2.31. The van der Waals surface area contributed by atoms with E-state index in [9.17, 15) is 18.0 Å². The van der Waals surface area contributed by atoms with Crippen LogP contribution in [0.3, 0.4) is 0 Å². The highest BCUT2D eigenvalue weighted by atomic mass is 19.4. The standard InChI is InChI=1S/C13H10F3NO3/c1-2-19-12(18)11-10(17-7-20-11)8-3-5-9(6-4-8)13(14,15)16/h3-7H,2H2,1H3. The van der Waals surface area contributed by atoms with Crippen LogP contribution >= 0.6 is 0 Å². The average Bonchev–Trinajstić information content (AvgIpc) is 2.87. The Labute approximate surface area is 112 Å². The van der Waals surface area contributed by atoms with Crippen molar-refractivity contribution >= 4 is 5.97 Å². The highest BCUT2D eigenvalue weighted by molar-refractivity contribution is 5.93. The number of oxazole rings is 1. The number of benzene rings is 1. The van der Waals surface area contributed by atoms with Gasteiger partial charge in [-0.3, -0.25) is 0 Å². The highest BCUT2D eigenvalue weighted by Gasteiger charge is 2.30. The zero-order valence-corrected chi connectivity index (χ0v) is 10.4. The minimum atomic E-state index is -4.41. The maximum atomic E-state index is 12.5. The van der Waals surface area contributed by atoms with E-state index in [2.05, 4.69) is 4.98 Å². The van der Waals surface area contributed by atoms with Crippen molar-refractivity contribution in [3.63, 3.8) is 0 Å². The lowest BCUT2D eigenvalue weighted by Crippen LogP contribution is -2.06. The van der Waals surface area contributed by atoms with Crippen molar-refractivity contribution in [1.82, 2.24) is 4.98 Å². The predicted molar refractivity (Wildman–Crippen MR) is 62.9 cm³/mol. The third-order valence-electron chi connectivity index (χ3n) is 2.51. The predicted octanol–water partition coefficient (Wildman–Crippen LogP) is 3.54. The number of carbonyl (C=O) groups is 1. The summed E-state index contributed by atoms with van der Waals surface area (Å²) in [6.07, 6.45) is -3.37. The van der Waals surface area contributed by atoms with E-state index in [0.29, 0.717) is 5.56 Å². The summed E-state index contributed by atoms with van der Waals surface area (Å²) in [5, 5.41) is 0. The van der Waals surface area contributed by atoms with Gasteiger partial charge in [-0.25, -0.2) is 9.78 Å². The summed E-state index contributed by atoms with van der Waals surface area (Å²) in [5.74, 6) is -0.841. The van der Waals surface area contributed by atoms with Crippen molar-refractivity contribution < 1.29 is 27.1 Å². The van der Waals surface area contributed by atoms with E-state index in [1.165, 1.54) is 12.1 Å². The smallest absolute Gasteiger partial charge is 0.416 e. The van der Waals surface area contributed by atoms with E-state index in [1.807, 2.05) is 0 Å². The molecule has 106 valence electrons. The lowest BCUT2D eigenvalue weighted by molar-refractivity contribution is -0.137. The van der Waals surface area contributed by atoms with E-state index in [-0.39, 0.29) is 18.1 Å². The minimum Gasteiger partial charge on any atom is -0.460 e. The number of halogens is 3. The van der Waals surface area contributed by atoms with Crippen molar-refractivity contribution in [2.24, 2.45) is 0 Å². The quantitative estimate of drug-likeness (QED) is 0.809. The zero-order valence-electron chi connectivity index (χ0n) is 10.4. The van der Waals surface area contributed by atoms with Crippen LogP contribution in [0.1, 0.15) is 23.0 Å². The molecule has 2 rings (SSSR count). The molecule has 4 nitrogen and oxygen atoms in total. The summed E-state index contributed by atoms with van der Waals surface area (Å²) in [7, 11) is 0. The van der Waals surface area contributed by atoms with Gasteiger partial charge < -0.3 is 9.15 Å². The van der Waals surface area contributed by atoms with Gasteiger partial charge in [0.1, 0.15) is 5.69 Å². The fourth-order valence-electron chi connectivity index (χ4n) is 1.61. The Morgan fingerprint density at radius 3 is 2.50 bits per heavy atom. The highest BCUT2D eigenvalue weighted by Crippen LogP contribution is 2.31. The van der Waals surface area contributed by atoms with Gasteiger partial charge in [-0.2, -0.15) is 13.2 Å². The summed E-state index contributed by atoms with van der Waals surface area (Å²) in [4.78, 5) is 15.4. The normalized spacial score (nSPS) is 11.4. The molecule has 0 radical (unpaired) electrons. The van der Waals surface area contributed by atoms with Crippen molar-refractivity contribution in [3.8, 4) is 11.3 Å². The second kappa shape index (κ2) is 5.36. The van der Waals surface area contributed by atoms with Gasteiger partial charge >= 0.3 is 12.1 Å². The van der Waals surface area contributed by atoms with Crippen LogP contribution in [0.4, 0.5) is 13.2 Å². The molecule has 0 aliphatic heterocycles. The number of hydrogen-bond donors (Lipinski definition) is 0. The van der Waals surface area contributed by atoms with E-state index >= 15 is 0 Å². The first-order valence-corrected chi connectivity index (χ1v) is 5.71. The van der Waals surface area contributed by atoms with E-state index in [0.717, 1.165) is 18.5 Å². The van der Waals surface area contributed by atoms with Crippen LogP contribution in [0.25, 0.3) is 11.3 Å². The molecule has 20 heavy (non-hydrogen) atoms. The van der Waals surface area contributed by atoms with Crippen LogP contribution in [-0.2, 0) is 10.9 Å². The van der Waals surface area contributed by atoms with Crippen LogP contribution in [-0.4, -0.2) is 17.6 Å². The lowest BCUT2D eigenvalue weighted by atomic mass is 10.1.